The van der Waals surface area contributed by atoms with Gasteiger partial charge in [-0.2, -0.15) is 12.6 Å². The highest BCUT2D eigenvalue weighted by atomic mass is 32.1. The molecule has 0 atom stereocenters. The first kappa shape index (κ1) is 18.3. The maximum absolute atomic E-state index is 4.24. The van der Waals surface area contributed by atoms with Crippen LogP contribution in [-0.4, -0.2) is 30.8 Å². The summed E-state index contributed by atoms with van der Waals surface area (Å²) in [7, 11) is 2.27. The fraction of sp³-hybridized carbons (Fsp3) is 1.00. The lowest BCUT2D eigenvalue weighted by molar-refractivity contribution is 0.314. The maximum Gasteiger partial charge on any atom is -0.00218 e. The summed E-state index contributed by atoms with van der Waals surface area (Å²) in [5.74, 6) is 1.93. The lowest BCUT2D eigenvalue weighted by atomic mass is 10.0. The molecular formula is C16H35NS. The summed E-state index contributed by atoms with van der Waals surface area (Å²) < 4.78 is 0. The Labute approximate surface area is 121 Å². The molecule has 0 saturated carbocycles. The fourth-order valence-electron chi connectivity index (χ4n) is 2.25. The zero-order valence-electron chi connectivity index (χ0n) is 13.0. The third-order valence-electron chi connectivity index (χ3n) is 3.52. The Morgan fingerprint density at radius 1 is 0.778 bits per heavy atom. The lowest BCUT2D eigenvalue weighted by Gasteiger charge is -2.16. The van der Waals surface area contributed by atoms with Crippen molar-refractivity contribution in [3.8, 4) is 0 Å². The summed E-state index contributed by atoms with van der Waals surface area (Å²) in [6.45, 7) is 7.20. The van der Waals surface area contributed by atoms with Gasteiger partial charge in [0.2, 0.25) is 0 Å². The second-order valence-electron chi connectivity index (χ2n) is 6.04. The Balaban J connectivity index is 3.14. The van der Waals surface area contributed by atoms with E-state index in [1.807, 2.05) is 0 Å². The summed E-state index contributed by atoms with van der Waals surface area (Å²) in [6.07, 6.45) is 12.4. The van der Waals surface area contributed by atoms with Crippen LogP contribution in [0, 0.1) is 5.92 Å². The van der Waals surface area contributed by atoms with Crippen LogP contribution in [-0.2, 0) is 0 Å². The predicted molar refractivity (Wildman–Crippen MR) is 87.7 cm³/mol. The SMILES string of the molecule is CC(C)CCCCCCN(C)CCCCCCS. The molecule has 0 unspecified atom stereocenters. The Kier molecular flexibility index (Phi) is 14.0. The zero-order valence-corrected chi connectivity index (χ0v) is 13.9. The van der Waals surface area contributed by atoms with Crippen molar-refractivity contribution >= 4 is 12.6 Å². The number of thiol groups is 1. The minimum Gasteiger partial charge on any atom is -0.306 e. The van der Waals surface area contributed by atoms with E-state index in [2.05, 4.69) is 38.4 Å². The summed E-state index contributed by atoms with van der Waals surface area (Å²) >= 11 is 4.24. The number of rotatable bonds is 13. The van der Waals surface area contributed by atoms with Crippen LogP contribution in [0.4, 0.5) is 0 Å². The minimum absolute atomic E-state index is 0.880. The van der Waals surface area contributed by atoms with Gasteiger partial charge in [0.25, 0.3) is 0 Å². The molecule has 1 nitrogen and oxygen atoms in total. The quantitative estimate of drug-likeness (QED) is 0.364. The van der Waals surface area contributed by atoms with Crippen LogP contribution in [0.2, 0.25) is 0 Å². The summed E-state index contributed by atoms with van der Waals surface area (Å²) in [5.41, 5.74) is 0. The van der Waals surface area contributed by atoms with Crippen LogP contribution < -0.4 is 0 Å². The van der Waals surface area contributed by atoms with E-state index in [9.17, 15) is 0 Å². The molecule has 0 amide bonds. The van der Waals surface area contributed by atoms with Gasteiger partial charge in [-0.3, -0.25) is 0 Å². The van der Waals surface area contributed by atoms with E-state index in [0.717, 1.165) is 11.7 Å². The molecule has 0 saturated heterocycles. The highest BCUT2D eigenvalue weighted by Crippen LogP contribution is 2.10. The first-order valence-electron chi connectivity index (χ1n) is 7.96. The summed E-state index contributed by atoms with van der Waals surface area (Å²) in [4.78, 5) is 2.50. The van der Waals surface area contributed by atoms with Crippen molar-refractivity contribution in [2.45, 2.75) is 71.6 Å². The zero-order chi connectivity index (χ0) is 13.6. The first-order valence-corrected chi connectivity index (χ1v) is 8.59. The second kappa shape index (κ2) is 13.7. The highest BCUT2D eigenvalue weighted by Gasteiger charge is 1.99. The van der Waals surface area contributed by atoms with Gasteiger partial charge in [0.15, 0.2) is 0 Å². The number of hydrogen-bond donors (Lipinski definition) is 1. The number of unbranched alkanes of at least 4 members (excludes halogenated alkanes) is 6. The lowest BCUT2D eigenvalue weighted by Crippen LogP contribution is -2.20. The molecule has 0 bridgehead atoms. The van der Waals surface area contributed by atoms with Crippen LogP contribution in [0.15, 0.2) is 0 Å². The predicted octanol–water partition coefficient (Wildman–Crippen LogP) is 5.01. The van der Waals surface area contributed by atoms with Crippen molar-refractivity contribution in [1.29, 1.82) is 0 Å². The maximum atomic E-state index is 4.24. The molecule has 0 N–H and O–H groups in total. The normalized spacial score (nSPS) is 11.7. The standard InChI is InChI=1S/C16H35NS/c1-16(2)12-8-4-5-9-13-17(3)14-10-6-7-11-15-18/h16,18H,4-15H2,1-3H3. The Morgan fingerprint density at radius 2 is 1.28 bits per heavy atom. The van der Waals surface area contributed by atoms with Crippen molar-refractivity contribution in [2.24, 2.45) is 5.92 Å². The van der Waals surface area contributed by atoms with Gasteiger partial charge in [0.1, 0.15) is 0 Å². The molecule has 0 aliphatic rings. The number of nitrogens with zero attached hydrogens (tertiary/aromatic N) is 1. The summed E-state index contributed by atoms with van der Waals surface area (Å²) in [6, 6.07) is 0. The van der Waals surface area contributed by atoms with Crippen LogP contribution in [0.25, 0.3) is 0 Å². The molecule has 0 aliphatic heterocycles. The van der Waals surface area contributed by atoms with Crippen LogP contribution in [0.1, 0.15) is 71.6 Å². The average Bonchev–Trinajstić information content (AvgIpc) is 2.33. The third-order valence-corrected chi connectivity index (χ3v) is 3.84. The molecule has 0 aliphatic carbocycles. The molecule has 0 heterocycles. The van der Waals surface area contributed by atoms with Gasteiger partial charge in [-0.05, 0) is 51.1 Å². The van der Waals surface area contributed by atoms with Gasteiger partial charge in [0.05, 0.1) is 0 Å². The van der Waals surface area contributed by atoms with Crippen LogP contribution in [0.3, 0.4) is 0 Å². The van der Waals surface area contributed by atoms with Gasteiger partial charge in [-0.15, -0.1) is 0 Å². The Bertz CT molecular complexity index is 159. The van der Waals surface area contributed by atoms with Crippen molar-refractivity contribution in [3.63, 3.8) is 0 Å². The molecule has 0 fully saturated rings. The van der Waals surface area contributed by atoms with Crippen LogP contribution in [0.5, 0.6) is 0 Å². The van der Waals surface area contributed by atoms with Gasteiger partial charge in [-0.25, -0.2) is 0 Å². The largest absolute Gasteiger partial charge is 0.306 e. The first-order chi connectivity index (χ1) is 8.66. The third kappa shape index (κ3) is 14.4. The Hall–Kier alpha value is 0.310. The molecule has 0 radical (unpaired) electrons. The molecule has 0 spiro atoms. The van der Waals surface area contributed by atoms with Gasteiger partial charge in [-0.1, -0.05) is 52.4 Å². The molecule has 2 heteroatoms. The molecule has 0 rings (SSSR count). The van der Waals surface area contributed by atoms with Crippen molar-refractivity contribution in [1.82, 2.24) is 4.90 Å². The van der Waals surface area contributed by atoms with E-state index in [1.54, 1.807) is 0 Å². The monoisotopic (exact) mass is 273 g/mol. The second-order valence-corrected chi connectivity index (χ2v) is 6.49. The molecule has 0 aromatic carbocycles. The van der Waals surface area contributed by atoms with E-state index >= 15 is 0 Å². The molecule has 110 valence electrons. The fourth-order valence-corrected chi connectivity index (χ4v) is 2.47. The van der Waals surface area contributed by atoms with E-state index < -0.39 is 0 Å². The van der Waals surface area contributed by atoms with E-state index in [0.29, 0.717) is 0 Å². The van der Waals surface area contributed by atoms with Crippen molar-refractivity contribution in [3.05, 3.63) is 0 Å². The topological polar surface area (TPSA) is 3.24 Å². The van der Waals surface area contributed by atoms with Gasteiger partial charge in [0, 0.05) is 0 Å². The number of hydrogen-bond acceptors (Lipinski definition) is 2. The van der Waals surface area contributed by atoms with E-state index in [1.165, 1.54) is 70.9 Å². The molecule has 0 aromatic rings. The molecule has 18 heavy (non-hydrogen) atoms. The molecule has 0 aromatic heterocycles. The van der Waals surface area contributed by atoms with Crippen LogP contribution >= 0.6 is 12.6 Å². The average molecular weight is 274 g/mol. The highest BCUT2D eigenvalue weighted by molar-refractivity contribution is 7.80. The smallest absolute Gasteiger partial charge is 0.00218 e. The van der Waals surface area contributed by atoms with Gasteiger partial charge < -0.3 is 4.90 Å². The van der Waals surface area contributed by atoms with E-state index in [-0.39, 0.29) is 0 Å². The summed E-state index contributed by atoms with van der Waals surface area (Å²) in [5, 5.41) is 0. The Morgan fingerprint density at radius 3 is 1.78 bits per heavy atom. The minimum atomic E-state index is 0.880. The molecular weight excluding hydrogens is 238 g/mol. The van der Waals surface area contributed by atoms with Crippen molar-refractivity contribution < 1.29 is 0 Å². The van der Waals surface area contributed by atoms with E-state index in [4.69, 9.17) is 0 Å². The van der Waals surface area contributed by atoms with Gasteiger partial charge >= 0.3 is 0 Å². The van der Waals surface area contributed by atoms with Crippen molar-refractivity contribution in [2.75, 3.05) is 25.9 Å².